The molecule has 0 radical (unpaired) electrons. The van der Waals surface area contributed by atoms with Crippen molar-refractivity contribution in [2.75, 3.05) is 18.1 Å². The minimum Gasteiger partial charge on any atom is -0.462 e. The number of carbonyl (C=O) groups excluding carboxylic acids is 3. The zero-order chi connectivity index (χ0) is 18.7. The zero-order valence-corrected chi connectivity index (χ0v) is 14.5. The van der Waals surface area contributed by atoms with Crippen molar-refractivity contribution in [3.05, 3.63) is 42.0 Å². The smallest absolute Gasteiger partial charge is 0.340 e. The molecule has 0 saturated carbocycles. The van der Waals surface area contributed by atoms with Crippen LogP contribution in [0, 0.1) is 11.8 Å². The quantitative estimate of drug-likeness (QED) is 0.492. The summed E-state index contributed by atoms with van der Waals surface area (Å²) < 4.78 is 10.9. The van der Waals surface area contributed by atoms with Gasteiger partial charge in [0.05, 0.1) is 41.9 Å². The number of aliphatic hydroxyl groups is 1. The first-order chi connectivity index (χ1) is 12.4. The highest BCUT2D eigenvalue weighted by molar-refractivity contribution is 6.25. The van der Waals surface area contributed by atoms with Gasteiger partial charge in [0, 0.05) is 0 Å². The molecule has 0 unspecified atom stereocenters. The number of nitrogens with zero attached hydrogens (tertiary/aromatic N) is 1. The molecule has 2 fully saturated rings. The number of anilines is 1. The fourth-order valence-electron chi connectivity index (χ4n) is 4.33. The van der Waals surface area contributed by atoms with Gasteiger partial charge in [0.1, 0.15) is 5.60 Å². The van der Waals surface area contributed by atoms with Gasteiger partial charge >= 0.3 is 5.97 Å². The average molecular weight is 357 g/mol. The molecular formula is C19H19NO6. The van der Waals surface area contributed by atoms with E-state index in [1.54, 1.807) is 44.2 Å². The number of carbonyl (C=O) groups is 3. The Balaban J connectivity index is 1.79. The number of hydrogen-bond acceptors (Lipinski definition) is 6. The third kappa shape index (κ3) is 1.98. The monoisotopic (exact) mass is 357 g/mol. The molecule has 1 N–H and O–H groups in total. The Labute approximate surface area is 150 Å². The molecule has 2 saturated heterocycles. The summed E-state index contributed by atoms with van der Waals surface area (Å²) in [6.07, 6.45) is 3.40. The topological polar surface area (TPSA) is 93.1 Å². The van der Waals surface area contributed by atoms with Gasteiger partial charge in [0.15, 0.2) is 0 Å². The van der Waals surface area contributed by atoms with Gasteiger partial charge in [-0.15, -0.1) is 0 Å². The van der Waals surface area contributed by atoms with E-state index < -0.39 is 47.4 Å². The lowest BCUT2D eigenvalue weighted by atomic mass is 9.73. The summed E-state index contributed by atoms with van der Waals surface area (Å²) in [5.74, 6) is -3.05. The van der Waals surface area contributed by atoms with Crippen molar-refractivity contribution in [1.82, 2.24) is 0 Å². The SMILES string of the molecule is CCOC(=O)c1ccccc1N1C(=O)[C@@H]2[C@@H](C1=O)[C@@]1(CO)C=C[C@@]2(C)O1. The van der Waals surface area contributed by atoms with Crippen molar-refractivity contribution in [1.29, 1.82) is 0 Å². The third-order valence-electron chi connectivity index (χ3n) is 5.44. The molecule has 0 aliphatic carbocycles. The Morgan fingerprint density at radius 2 is 1.92 bits per heavy atom. The van der Waals surface area contributed by atoms with Gasteiger partial charge in [-0.3, -0.25) is 9.59 Å². The van der Waals surface area contributed by atoms with Crippen LogP contribution < -0.4 is 4.90 Å². The van der Waals surface area contributed by atoms with E-state index in [1.165, 1.54) is 6.07 Å². The molecule has 3 heterocycles. The first kappa shape index (κ1) is 16.9. The van der Waals surface area contributed by atoms with Gasteiger partial charge in [-0.1, -0.05) is 24.3 Å². The summed E-state index contributed by atoms with van der Waals surface area (Å²) in [6.45, 7) is 3.21. The van der Waals surface area contributed by atoms with Crippen LogP contribution in [-0.2, 0) is 19.1 Å². The van der Waals surface area contributed by atoms with E-state index in [0.717, 1.165) is 4.90 Å². The van der Waals surface area contributed by atoms with Crippen LogP contribution in [0.4, 0.5) is 5.69 Å². The van der Waals surface area contributed by atoms with E-state index >= 15 is 0 Å². The first-order valence-corrected chi connectivity index (χ1v) is 8.54. The Kier molecular flexibility index (Phi) is 3.58. The molecule has 3 aliphatic rings. The van der Waals surface area contributed by atoms with Gasteiger partial charge < -0.3 is 14.6 Å². The number of esters is 1. The second-order valence-electron chi connectivity index (χ2n) is 6.94. The Morgan fingerprint density at radius 3 is 2.62 bits per heavy atom. The van der Waals surface area contributed by atoms with E-state index in [2.05, 4.69) is 0 Å². The van der Waals surface area contributed by atoms with E-state index in [4.69, 9.17) is 9.47 Å². The number of hydrogen-bond donors (Lipinski definition) is 1. The van der Waals surface area contributed by atoms with Gasteiger partial charge in [0.25, 0.3) is 0 Å². The van der Waals surface area contributed by atoms with Crippen LogP contribution in [0.3, 0.4) is 0 Å². The zero-order valence-electron chi connectivity index (χ0n) is 14.5. The standard InChI is InChI=1S/C19H19NO6/c1-3-25-17(24)11-6-4-5-7-12(11)20-15(22)13-14(16(20)23)19(10-21)9-8-18(13,2)26-19/h4-9,13-14,21H,3,10H2,1-2H3/t13-,14-,18+,19-/m0/s1. The van der Waals surface area contributed by atoms with Crippen molar-refractivity contribution in [3.8, 4) is 0 Å². The summed E-state index contributed by atoms with van der Waals surface area (Å²) in [7, 11) is 0. The molecule has 7 nitrogen and oxygen atoms in total. The summed E-state index contributed by atoms with van der Waals surface area (Å²) in [6, 6.07) is 6.37. The predicted octanol–water partition coefficient (Wildman–Crippen LogP) is 1.06. The maximum atomic E-state index is 13.2. The van der Waals surface area contributed by atoms with Crippen LogP contribution in [0.2, 0.25) is 0 Å². The highest BCUT2D eigenvalue weighted by Crippen LogP contribution is 2.57. The fraction of sp³-hybridized carbons (Fsp3) is 0.421. The molecule has 7 heteroatoms. The van der Waals surface area contributed by atoms with Gasteiger partial charge in [-0.2, -0.15) is 0 Å². The molecule has 1 aromatic rings. The number of benzene rings is 1. The third-order valence-corrected chi connectivity index (χ3v) is 5.44. The van der Waals surface area contributed by atoms with Gasteiger partial charge in [-0.05, 0) is 26.0 Å². The lowest BCUT2D eigenvalue weighted by molar-refractivity contribution is -0.131. The number of fused-ring (bicyclic) bond motifs is 5. The molecule has 26 heavy (non-hydrogen) atoms. The molecule has 2 amide bonds. The normalized spacial score (nSPS) is 34.5. The summed E-state index contributed by atoms with van der Waals surface area (Å²) in [5.41, 5.74) is -1.79. The Bertz CT molecular complexity index is 848. The largest absolute Gasteiger partial charge is 0.462 e. The van der Waals surface area contributed by atoms with Crippen LogP contribution >= 0.6 is 0 Å². The van der Waals surface area contributed by atoms with Crippen LogP contribution in [0.15, 0.2) is 36.4 Å². The fourth-order valence-corrected chi connectivity index (χ4v) is 4.33. The lowest BCUT2D eigenvalue weighted by Gasteiger charge is -2.27. The van der Waals surface area contributed by atoms with Crippen molar-refractivity contribution in [3.63, 3.8) is 0 Å². The average Bonchev–Trinajstić information content (AvgIpc) is 3.21. The first-order valence-electron chi connectivity index (χ1n) is 8.54. The molecule has 4 rings (SSSR count). The number of para-hydroxylation sites is 1. The highest BCUT2D eigenvalue weighted by Gasteiger charge is 2.72. The predicted molar refractivity (Wildman–Crippen MR) is 90.3 cm³/mol. The second-order valence-corrected chi connectivity index (χ2v) is 6.94. The van der Waals surface area contributed by atoms with Crippen LogP contribution in [0.1, 0.15) is 24.2 Å². The van der Waals surface area contributed by atoms with Crippen molar-refractivity contribution < 1.29 is 29.0 Å². The molecular weight excluding hydrogens is 338 g/mol. The van der Waals surface area contributed by atoms with E-state index in [0.29, 0.717) is 0 Å². The molecule has 2 bridgehead atoms. The van der Waals surface area contributed by atoms with Gasteiger partial charge in [-0.25, -0.2) is 9.69 Å². The van der Waals surface area contributed by atoms with E-state index in [1.807, 2.05) is 0 Å². The molecule has 4 atom stereocenters. The van der Waals surface area contributed by atoms with Crippen LogP contribution in [-0.4, -0.2) is 47.3 Å². The number of aliphatic hydroxyl groups excluding tert-OH is 1. The molecule has 0 spiro atoms. The highest BCUT2D eigenvalue weighted by atomic mass is 16.5. The Hall–Kier alpha value is -2.51. The van der Waals surface area contributed by atoms with Crippen molar-refractivity contribution in [2.45, 2.75) is 25.0 Å². The molecule has 136 valence electrons. The van der Waals surface area contributed by atoms with Crippen LogP contribution in [0.25, 0.3) is 0 Å². The number of rotatable bonds is 4. The maximum absolute atomic E-state index is 13.2. The van der Waals surface area contributed by atoms with Crippen molar-refractivity contribution in [2.24, 2.45) is 11.8 Å². The molecule has 0 aromatic heterocycles. The number of imide groups is 1. The summed E-state index contributed by atoms with van der Waals surface area (Å²) in [4.78, 5) is 39.6. The minimum absolute atomic E-state index is 0.153. The molecule has 1 aromatic carbocycles. The lowest BCUT2D eigenvalue weighted by Crippen LogP contribution is -2.43. The second kappa shape index (κ2) is 5.49. The van der Waals surface area contributed by atoms with E-state index in [-0.39, 0.29) is 17.9 Å². The Morgan fingerprint density at radius 1 is 1.23 bits per heavy atom. The number of ether oxygens (including phenoxy) is 2. The van der Waals surface area contributed by atoms with Crippen LogP contribution in [0.5, 0.6) is 0 Å². The maximum Gasteiger partial charge on any atom is 0.340 e. The minimum atomic E-state index is -1.19. The summed E-state index contributed by atoms with van der Waals surface area (Å²) >= 11 is 0. The van der Waals surface area contributed by atoms with Gasteiger partial charge in [0.2, 0.25) is 11.8 Å². The van der Waals surface area contributed by atoms with E-state index in [9.17, 15) is 19.5 Å². The summed E-state index contributed by atoms with van der Waals surface area (Å²) in [5, 5.41) is 9.85. The molecule has 3 aliphatic heterocycles. The number of amides is 2. The van der Waals surface area contributed by atoms with Crippen molar-refractivity contribution >= 4 is 23.5 Å².